The van der Waals surface area contributed by atoms with Crippen LogP contribution in [0.3, 0.4) is 0 Å². The third-order valence-electron chi connectivity index (χ3n) is 13.5. The van der Waals surface area contributed by atoms with E-state index in [0.29, 0.717) is 0 Å². The summed E-state index contributed by atoms with van der Waals surface area (Å²) in [7, 11) is 0. The van der Waals surface area contributed by atoms with Crippen molar-refractivity contribution in [3.8, 4) is 66.8 Å². The molecule has 0 unspecified atom stereocenters. The van der Waals surface area contributed by atoms with Gasteiger partial charge in [0.15, 0.2) is 0 Å². The Morgan fingerprint density at radius 1 is 0.262 bits per heavy atom. The molecule has 0 N–H and O–H groups in total. The van der Waals surface area contributed by atoms with Gasteiger partial charge < -0.3 is 4.90 Å². The molecule has 2 aliphatic rings. The van der Waals surface area contributed by atoms with Crippen molar-refractivity contribution in [1.29, 1.82) is 0 Å². The molecule has 0 radical (unpaired) electrons. The fourth-order valence-corrected chi connectivity index (χ4v) is 10.4. The van der Waals surface area contributed by atoms with Crippen LogP contribution in [0, 0.1) is 0 Å². The molecular weight excluding hydrogens is 735 g/mol. The molecule has 0 saturated heterocycles. The molecule has 61 heavy (non-hydrogen) atoms. The van der Waals surface area contributed by atoms with Crippen LogP contribution in [0.25, 0.3) is 66.8 Å². The van der Waals surface area contributed by atoms with Crippen LogP contribution in [-0.2, 0) is 10.8 Å². The van der Waals surface area contributed by atoms with Crippen molar-refractivity contribution >= 4 is 17.1 Å². The van der Waals surface area contributed by atoms with Gasteiger partial charge in [-0.1, -0.05) is 198 Å². The molecule has 0 spiro atoms. The summed E-state index contributed by atoms with van der Waals surface area (Å²) in [6.07, 6.45) is 0. The van der Waals surface area contributed by atoms with Crippen molar-refractivity contribution in [2.24, 2.45) is 0 Å². The molecule has 1 heteroatoms. The second-order valence-electron chi connectivity index (χ2n) is 17.7. The van der Waals surface area contributed by atoms with Crippen molar-refractivity contribution in [1.82, 2.24) is 0 Å². The first kappa shape index (κ1) is 36.8. The highest BCUT2D eigenvalue weighted by Crippen LogP contribution is 2.54. The van der Waals surface area contributed by atoms with E-state index in [2.05, 4.69) is 245 Å². The SMILES string of the molecule is CC1(C)c2ccccc2-c2c(-c3cccc(N(c4ccc(-c5cccc(-c6ccccc6)c5)cc4)c4cccc(-c5cccc6c5-c5ccccc5C6(C)C)c4)c3)cccc21. The predicted octanol–water partition coefficient (Wildman–Crippen LogP) is 16.4. The van der Waals surface area contributed by atoms with Gasteiger partial charge in [0, 0.05) is 27.9 Å². The largest absolute Gasteiger partial charge is 0.310 e. The van der Waals surface area contributed by atoms with Crippen LogP contribution in [-0.4, -0.2) is 0 Å². The minimum absolute atomic E-state index is 0.0677. The molecule has 0 saturated carbocycles. The quantitative estimate of drug-likeness (QED) is 0.156. The van der Waals surface area contributed by atoms with Crippen LogP contribution in [0.15, 0.2) is 212 Å². The lowest BCUT2D eigenvalue weighted by Crippen LogP contribution is -2.14. The van der Waals surface area contributed by atoms with E-state index in [-0.39, 0.29) is 10.8 Å². The molecule has 0 heterocycles. The van der Waals surface area contributed by atoms with Crippen molar-refractivity contribution < 1.29 is 0 Å². The Kier molecular flexibility index (Phi) is 8.58. The maximum absolute atomic E-state index is 2.43. The number of rotatable bonds is 7. The topological polar surface area (TPSA) is 3.24 Å². The molecular formula is C60H47N. The van der Waals surface area contributed by atoms with Gasteiger partial charge in [-0.2, -0.15) is 0 Å². The summed E-state index contributed by atoms with van der Waals surface area (Å²) >= 11 is 0. The van der Waals surface area contributed by atoms with Gasteiger partial charge >= 0.3 is 0 Å². The maximum atomic E-state index is 2.43. The Morgan fingerprint density at radius 3 is 1.16 bits per heavy atom. The smallest absolute Gasteiger partial charge is 0.0467 e. The summed E-state index contributed by atoms with van der Waals surface area (Å²) in [5, 5.41) is 0. The lowest BCUT2D eigenvalue weighted by Gasteiger charge is -2.27. The zero-order valence-electron chi connectivity index (χ0n) is 35.2. The normalized spacial score (nSPS) is 13.8. The molecule has 1 nitrogen and oxygen atoms in total. The van der Waals surface area contributed by atoms with Gasteiger partial charge in [-0.05, 0) is 131 Å². The molecule has 0 amide bonds. The zero-order chi connectivity index (χ0) is 41.3. The molecule has 0 aromatic heterocycles. The van der Waals surface area contributed by atoms with Gasteiger partial charge in [0.2, 0.25) is 0 Å². The summed E-state index contributed by atoms with van der Waals surface area (Å²) in [6.45, 7) is 9.43. The first-order valence-corrected chi connectivity index (χ1v) is 21.5. The first-order chi connectivity index (χ1) is 29.8. The fraction of sp³-hybridized carbons (Fsp3) is 0.100. The summed E-state index contributed by atoms with van der Waals surface area (Å²) in [4.78, 5) is 2.43. The third-order valence-corrected chi connectivity index (χ3v) is 13.5. The molecule has 9 aromatic carbocycles. The predicted molar refractivity (Wildman–Crippen MR) is 258 cm³/mol. The molecule has 292 valence electrons. The second kappa shape index (κ2) is 14.2. The van der Waals surface area contributed by atoms with Gasteiger partial charge in [-0.3, -0.25) is 0 Å². The first-order valence-electron chi connectivity index (χ1n) is 21.5. The Hall–Kier alpha value is -7.22. The highest BCUT2D eigenvalue weighted by Gasteiger charge is 2.38. The summed E-state index contributed by atoms with van der Waals surface area (Å²) in [5.74, 6) is 0. The van der Waals surface area contributed by atoms with Gasteiger partial charge in [-0.15, -0.1) is 0 Å². The Labute approximate surface area is 360 Å². The number of benzene rings is 9. The van der Waals surface area contributed by atoms with Crippen LogP contribution in [0.4, 0.5) is 17.1 Å². The van der Waals surface area contributed by atoms with E-state index in [1.807, 2.05) is 0 Å². The molecule has 11 rings (SSSR count). The fourth-order valence-electron chi connectivity index (χ4n) is 10.4. The minimum Gasteiger partial charge on any atom is -0.310 e. The second-order valence-corrected chi connectivity index (χ2v) is 17.7. The number of fused-ring (bicyclic) bond motifs is 6. The van der Waals surface area contributed by atoms with Crippen LogP contribution in [0.5, 0.6) is 0 Å². The Bertz CT molecular complexity index is 2980. The zero-order valence-corrected chi connectivity index (χ0v) is 35.2. The van der Waals surface area contributed by atoms with Crippen LogP contribution >= 0.6 is 0 Å². The molecule has 2 aliphatic carbocycles. The van der Waals surface area contributed by atoms with E-state index in [1.165, 1.54) is 89.0 Å². The number of nitrogens with zero attached hydrogens (tertiary/aromatic N) is 1. The van der Waals surface area contributed by atoms with Crippen molar-refractivity contribution in [2.45, 2.75) is 38.5 Å². The van der Waals surface area contributed by atoms with Crippen LogP contribution < -0.4 is 4.90 Å². The molecule has 0 bridgehead atoms. The third kappa shape index (κ3) is 5.99. The molecule has 0 aliphatic heterocycles. The van der Waals surface area contributed by atoms with E-state index >= 15 is 0 Å². The van der Waals surface area contributed by atoms with E-state index in [1.54, 1.807) is 0 Å². The molecule has 0 fully saturated rings. The van der Waals surface area contributed by atoms with E-state index in [0.717, 1.165) is 17.1 Å². The average Bonchev–Trinajstić information content (AvgIpc) is 3.70. The van der Waals surface area contributed by atoms with Crippen LogP contribution in [0.1, 0.15) is 49.9 Å². The van der Waals surface area contributed by atoms with Gasteiger partial charge in [0.05, 0.1) is 0 Å². The monoisotopic (exact) mass is 781 g/mol. The number of anilines is 3. The molecule has 9 aromatic rings. The van der Waals surface area contributed by atoms with Gasteiger partial charge in [-0.25, -0.2) is 0 Å². The minimum atomic E-state index is -0.0677. The Balaban J connectivity index is 1.06. The van der Waals surface area contributed by atoms with Gasteiger partial charge in [0.25, 0.3) is 0 Å². The average molecular weight is 782 g/mol. The van der Waals surface area contributed by atoms with Crippen LogP contribution in [0.2, 0.25) is 0 Å². The van der Waals surface area contributed by atoms with Crippen molar-refractivity contribution in [2.75, 3.05) is 4.90 Å². The van der Waals surface area contributed by atoms with Crippen molar-refractivity contribution in [3.63, 3.8) is 0 Å². The molecule has 0 atom stereocenters. The van der Waals surface area contributed by atoms with E-state index in [9.17, 15) is 0 Å². The standard InChI is InChI=1S/C60H47N/c1-59(2)53-29-10-8-25-51(53)57-49(27-15-31-55(57)59)44-21-13-23-47(38-44)61(46-35-33-41(34-36-46)43-20-12-19-42(37-43)40-17-6-5-7-18-40)48-24-14-22-45(39-48)50-28-16-32-56-58(50)52-26-9-11-30-54(52)60(56,3)4/h5-39H,1-4H3. The van der Waals surface area contributed by atoms with E-state index in [4.69, 9.17) is 0 Å². The highest BCUT2D eigenvalue weighted by atomic mass is 15.1. The number of hydrogen-bond donors (Lipinski definition) is 0. The van der Waals surface area contributed by atoms with E-state index < -0.39 is 0 Å². The number of hydrogen-bond acceptors (Lipinski definition) is 1. The Morgan fingerprint density at radius 2 is 0.639 bits per heavy atom. The summed E-state index contributed by atoms with van der Waals surface area (Å²) < 4.78 is 0. The summed E-state index contributed by atoms with van der Waals surface area (Å²) in [6, 6.07) is 78.5. The lowest BCUT2D eigenvalue weighted by molar-refractivity contribution is 0.660. The van der Waals surface area contributed by atoms with Crippen molar-refractivity contribution in [3.05, 3.63) is 235 Å². The lowest BCUT2D eigenvalue weighted by atomic mass is 9.82. The maximum Gasteiger partial charge on any atom is 0.0467 e. The van der Waals surface area contributed by atoms with Gasteiger partial charge in [0.1, 0.15) is 0 Å². The highest BCUT2D eigenvalue weighted by molar-refractivity contribution is 5.96. The summed E-state index contributed by atoms with van der Waals surface area (Å²) in [5.41, 5.74) is 23.9.